The average Bonchev–Trinajstić information content (AvgIpc) is 2.44. The molecule has 0 fully saturated rings. The second-order valence-corrected chi connectivity index (χ2v) is 6.30. The summed E-state index contributed by atoms with van der Waals surface area (Å²) in [6, 6.07) is 4.25. The minimum Gasteiger partial charge on any atom is -0.495 e. The number of methoxy groups -OCH3 is 2. The van der Waals surface area contributed by atoms with Crippen LogP contribution in [0.3, 0.4) is 0 Å². The molecule has 0 bridgehead atoms. The highest BCUT2D eigenvalue weighted by molar-refractivity contribution is 6.32. The molecule has 7 heteroatoms. The van der Waals surface area contributed by atoms with E-state index in [0.717, 1.165) is 5.56 Å². The van der Waals surface area contributed by atoms with Crippen molar-refractivity contribution in [2.75, 3.05) is 14.2 Å². The van der Waals surface area contributed by atoms with Gasteiger partial charge in [-0.1, -0.05) is 17.7 Å². The Morgan fingerprint density at radius 1 is 1.26 bits per heavy atom. The number of benzene rings is 1. The Balaban J connectivity index is 2.85. The maximum Gasteiger partial charge on any atom is 0.408 e. The molecule has 0 aliphatic carbocycles. The van der Waals surface area contributed by atoms with Gasteiger partial charge >= 0.3 is 12.1 Å². The van der Waals surface area contributed by atoms with E-state index in [2.05, 4.69) is 5.32 Å². The third-order valence-electron chi connectivity index (χ3n) is 2.83. The fourth-order valence-electron chi connectivity index (χ4n) is 1.86. The van der Waals surface area contributed by atoms with Crippen LogP contribution < -0.4 is 10.1 Å². The number of alkyl carbamates (subject to hydrolysis) is 1. The lowest BCUT2D eigenvalue weighted by Crippen LogP contribution is -2.45. The van der Waals surface area contributed by atoms with Crippen molar-refractivity contribution in [3.8, 4) is 5.75 Å². The van der Waals surface area contributed by atoms with E-state index in [-0.39, 0.29) is 6.42 Å². The zero-order valence-electron chi connectivity index (χ0n) is 13.9. The summed E-state index contributed by atoms with van der Waals surface area (Å²) in [5.74, 6) is -0.0343. The second kappa shape index (κ2) is 8.06. The molecule has 0 heterocycles. The van der Waals surface area contributed by atoms with Gasteiger partial charge in [-0.25, -0.2) is 9.59 Å². The Morgan fingerprint density at radius 2 is 1.91 bits per heavy atom. The number of nitrogens with one attached hydrogen (secondary N) is 1. The van der Waals surface area contributed by atoms with Crippen LogP contribution in [0.5, 0.6) is 5.75 Å². The molecule has 0 aliphatic heterocycles. The molecule has 6 nitrogen and oxygen atoms in total. The number of ether oxygens (including phenoxy) is 3. The minimum absolute atomic E-state index is 0.218. The summed E-state index contributed by atoms with van der Waals surface area (Å²) in [6.07, 6.45) is -0.470. The molecule has 0 unspecified atom stereocenters. The van der Waals surface area contributed by atoms with Crippen LogP contribution in [0.25, 0.3) is 0 Å². The standard InChI is InChI=1S/C16H22ClNO5/c1-16(2,3)23-15(20)18-12(14(19)22-5)9-10-6-7-13(21-4)11(17)8-10/h6-8,12H,9H2,1-5H3,(H,18,20)/t12-/m0/s1. The van der Waals surface area contributed by atoms with Crippen molar-refractivity contribution >= 4 is 23.7 Å². The molecule has 0 aliphatic rings. The van der Waals surface area contributed by atoms with Crippen LogP contribution in [0.4, 0.5) is 4.79 Å². The Morgan fingerprint density at radius 3 is 2.39 bits per heavy atom. The quantitative estimate of drug-likeness (QED) is 0.832. The van der Waals surface area contributed by atoms with Crippen molar-refractivity contribution in [2.45, 2.75) is 38.8 Å². The summed E-state index contributed by atoms with van der Waals surface area (Å²) in [4.78, 5) is 23.7. The van der Waals surface area contributed by atoms with E-state index in [4.69, 9.17) is 25.8 Å². The summed E-state index contributed by atoms with van der Waals surface area (Å²) in [7, 11) is 2.77. The molecule has 0 aromatic heterocycles. The highest BCUT2D eigenvalue weighted by Gasteiger charge is 2.25. The molecule has 128 valence electrons. The van der Waals surface area contributed by atoms with E-state index in [1.165, 1.54) is 14.2 Å². The molecule has 0 radical (unpaired) electrons. The van der Waals surface area contributed by atoms with Crippen LogP contribution in [0.2, 0.25) is 5.02 Å². The Kier molecular flexibility index (Phi) is 6.69. The van der Waals surface area contributed by atoms with E-state index in [9.17, 15) is 9.59 Å². The number of carbonyl (C=O) groups excluding carboxylic acids is 2. The Hall–Kier alpha value is -1.95. The van der Waals surface area contributed by atoms with Crippen LogP contribution in [-0.2, 0) is 20.7 Å². The van der Waals surface area contributed by atoms with Gasteiger partial charge in [-0.15, -0.1) is 0 Å². The average molecular weight is 344 g/mol. The smallest absolute Gasteiger partial charge is 0.408 e. The summed E-state index contributed by atoms with van der Waals surface area (Å²) in [5.41, 5.74) is 0.0935. The largest absolute Gasteiger partial charge is 0.495 e. The monoisotopic (exact) mass is 343 g/mol. The highest BCUT2D eigenvalue weighted by Crippen LogP contribution is 2.25. The van der Waals surface area contributed by atoms with Crippen molar-refractivity contribution in [3.05, 3.63) is 28.8 Å². The van der Waals surface area contributed by atoms with Crippen molar-refractivity contribution in [3.63, 3.8) is 0 Å². The zero-order valence-corrected chi connectivity index (χ0v) is 14.7. The van der Waals surface area contributed by atoms with E-state index in [0.29, 0.717) is 10.8 Å². The third-order valence-corrected chi connectivity index (χ3v) is 3.13. The van der Waals surface area contributed by atoms with E-state index >= 15 is 0 Å². The molecule has 1 amide bonds. The predicted octanol–water partition coefficient (Wildman–Crippen LogP) is 2.96. The van der Waals surface area contributed by atoms with Crippen molar-refractivity contribution in [2.24, 2.45) is 0 Å². The van der Waals surface area contributed by atoms with Gasteiger partial charge in [0.2, 0.25) is 0 Å². The maximum absolute atomic E-state index is 11.9. The fraction of sp³-hybridized carbons (Fsp3) is 0.500. The molecule has 1 atom stereocenters. The first-order chi connectivity index (χ1) is 10.7. The summed E-state index contributed by atoms with van der Waals surface area (Å²) >= 11 is 6.07. The molecule has 23 heavy (non-hydrogen) atoms. The molecular weight excluding hydrogens is 322 g/mol. The lowest BCUT2D eigenvalue weighted by atomic mass is 10.1. The number of hydrogen-bond donors (Lipinski definition) is 1. The molecular formula is C16H22ClNO5. The zero-order chi connectivity index (χ0) is 17.6. The van der Waals surface area contributed by atoms with Crippen molar-refractivity contribution < 1.29 is 23.8 Å². The number of halogens is 1. The number of carbonyl (C=O) groups is 2. The fourth-order valence-corrected chi connectivity index (χ4v) is 2.14. The van der Waals surface area contributed by atoms with Gasteiger partial charge in [0.15, 0.2) is 0 Å². The van der Waals surface area contributed by atoms with Crippen molar-refractivity contribution in [1.29, 1.82) is 0 Å². The van der Waals surface area contributed by atoms with Gasteiger partial charge in [0.25, 0.3) is 0 Å². The van der Waals surface area contributed by atoms with Crippen LogP contribution >= 0.6 is 11.6 Å². The molecule has 1 rings (SSSR count). The minimum atomic E-state index is -0.876. The summed E-state index contributed by atoms with van der Waals surface area (Å²) in [5, 5.41) is 2.93. The van der Waals surface area contributed by atoms with Crippen LogP contribution in [0, 0.1) is 0 Å². The lowest BCUT2D eigenvalue weighted by molar-refractivity contribution is -0.143. The molecule has 0 spiro atoms. The first-order valence-electron chi connectivity index (χ1n) is 7.06. The van der Waals surface area contributed by atoms with E-state index in [1.807, 2.05) is 0 Å². The van der Waals surface area contributed by atoms with Gasteiger partial charge < -0.3 is 19.5 Å². The van der Waals surface area contributed by atoms with E-state index < -0.39 is 23.7 Å². The Labute approximate surface area is 141 Å². The molecule has 1 aromatic carbocycles. The molecule has 0 saturated heterocycles. The van der Waals surface area contributed by atoms with E-state index in [1.54, 1.807) is 39.0 Å². The van der Waals surface area contributed by atoms with Gasteiger partial charge in [-0.3, -0.25) is 0 Å². The van der Waals surface area contributed by atoms with Gasteiger partial charge in [-0.05, 0) is 38.5 Å². The predicted molar refractivity (Wildman–Crippen MR) is 86.9 cm³/mol. The van der Waals surface area contributed by atoms with Gasteiger partial charge in [0, 0.05) is 6.42 Å². The van der Waals surface area contributed by atoms with Crippen LogP contribution in [-0.4, -0.2) is 37.9 Å². The number of amides is 1. The number of esters is 1. The number of hydrogen-bond acceptors (Lipinski definition) is 5. The third kappa shape index (κ3) is 6.36. The SMILES string of the molecule is COC(=O)[C@H](Cc1ccc(OC)c(Cl)c1)NC(=O)OC(C)(C)C. The topological polar surface area (TPSA) is 73.9 Å². The molecule has 0 saturated carbocycles. The molecule has 1 N–H and O–H groups in total. The first-order valence-corrected chi connectivity index (χ1v) is 7.44. The summed E-state index contributed by atoms with van der Waals surface area (Å²) < 4.78 is 15.0. The maximum atomic E-state index is 11.9. The van der Waals surface area contributed by atoms with Crippen LogP contribution in [0.1, 0.15) is 26.3 Å². The Bertz CT molecular complexity index is 568. The second-order valence-electron chi connectivity index (χ2n) is 5.89. The van der Waals surface area contributed by atoms with Gasteiger partial charge in [0.05, 0.1) is 19.2 Å². The normalized spacial score (nSPS) is 12.3. The molecule has 1 aromatic rings. The van der Waals surface area contributed by atoms with Crippen molar-refractivity contribution in [1.82, 2.24) is 5.32 Å². The van der Waals surface area contributed by atoms with Crippen LogP contribution in [0.15, 0.2) is 18.2 Å². The first kappa shape index (κ1) is 19.1. The van der Waals surface area contributed by atoms with Gasteiger partial charge in [0.1, 0.15) is 17.4 Å². The number of rotatable bonds is 5. The lowest BCUT2D eigenvalue weighted by Gasteiger charge is -2.22. The van der Waals surface area contributed by atoms with Gasteiger partial charge in [-0.2, -0.15) is 0 Å². The highest BCUT2D eigenvalue weighted by atomic mass is 35.5. The summed E-state index contributed by atoms with van der Waals surface area (Å²) in [6.45, 7) is 5.22.